The fourth-order valence-corrected chi connectivity index (χ4v) is 0.972. The molecule has 0 heterocycles. The Kier molecular flexibility index (Phi) is 7.35. The van der Waals surface area contributed by atoms with Crippen molar-refractivity contribution in [3.05, 3.63) is 0 Å². The molecule has 0 aliphatic carbocycles. The number of aliphatic hydroxyl groups excluding tert-OH is 1. The van der Waals surface area contributed by atoms with Crippen LogP contribution in [0.3, 0.4) is 0 Å². The van der Waals surface area contributed by atoms with E-state index in [1.54, 1.807) is 0 Å². The molecule has 15 heavy (non-hydrogen) atoms. The first-order chi connectivity index (χ1) is 7.11. The third kappa shape index (κ3) is 6.73. The highest BCUT2D eigenvalue weighted by Gasteiger charge is 2.17. The third-order valence-electron chi connectivity index (χ3n) is 1.85. The molecule has 88 valence electrons. The summed E-state index contributed by atoms with van der Waals surface area (Å²) in [5, 5.41) is 21.8. The van der Waals surface area contributed by atoms with Gasteiger partial charge in [-0.3, -0.25) is 0 Å². The minimum absolute atomic E-state index is 0.511. The molecule has 0 fully saturated rings. The van der Waals surface area contributed by atoms with E-state index in [1.807, 2.05) is 6.92 Å². The minimum Gasteiger partial charge on any atom is -0.480 e. The van der Waals surface area contributed by atoms with Crippen LogP contribution in [0.2, 0.25) is 0 Å². The van der Waals surface area contributed by atoms with Gasteiger partial charge in [-0.2, -0.15) is 0 Å². The van der Waals surface area contributed by atoms with Crippen molar-refractivity contribution in [3.63, 3.8) is 0 Å². The van der Waals surface area contributed by atoms with Crippen LogP contribution in [0.4, 0.5) is 4.79 Å². The van der Waals surface area contributed by atoms with Crippen LogP contribution in [0.25, 0.3) is 0 Å². The number of hydrogen-bond donors (Lipinski definition) is 4. The normalized spacial score (nSPS) is 11.9. The van der Waals surface area contributed by atoms with E-state index < -0.39 is 24.6 Å². The summed E-state index contributed by atoms with van der Waals surface area (Å²) in [6.07, 6.45) is 2.93. The summed E-state index contributed by atoms with van der Waals surface area (Å²) >= 11 is 0. The summed E-state index contributed by atoms with van der Waals surface area (Å²) in [5.41, 5.74) is 0. The van der Waals surface area contributed by atoms with Gasteiger partial charge in [-0.1, -0.05) is 19.8 Å². The van der Waals surface area contributed by atoms with Gasteiger partial charge in [0.25, 0.3) is 0 Å². The quantitative estimate of drug-likeness (QED) is 0.449. The SMILES string of the molecule is CCCCCNC(=O)N[C@H](CO)C(=O)O. The van der Waals surface area contributed by atoms with E-state index in [4.69, 9.17) is 10.2 Å². The minimum atomic E-state index is -1.25. The van der Waals surface area contributed by atoms with Crippen molar-refractivity contribution in [1.82, 2.24) is 10.6 Å². The predicted octanol–water partition coefficient (Wildman–Crippen LogP) is -0.0787. The Morgan fingerprint density at radius 3 is 2.47 bits per heavy atom. The molecule has 0 radical (unpaired) electrons. The number of aliphatic carboxylic acids is 1. The molecule has 6 heteroatoms. The lowest BCUT2D eigenvalue weighted by molar-refractivity contribution is -0.140. The van der Waals surface area contributed by atoms with Crippen molar-refractivity contribution >= 4 is 12.0 Å². The highest BCUT2D eigenvalue weighted by Crippen LogP contribution is 1.91. The lowest BCUT2D eigenvalue weighted by atomic mass is 10.2. The van der Waals surface area contributed by atoms with Gasteiger partial charge in [0.1, 0.15) is 0 Å². The van der Waals surface area contributed by atoms with Gasteiger partial charge in [0.05, 0.1) is 6.61 Å². The Hall–Kier alpha value is -1.30. The Balaban J connectivity index is 3.67. The van der Waals surface area contributed by atoms with Crippen molar-refractivity contribution in [3.8, 4) is 0 Å². The highest BCUT2D eigenvalue weighted by atomic mass is 16.4. The molecule has 2 amide bonds. The second-order valence-corrected chi connectivity index (χ2v) is 3.18. The van der Waals surface area contributed by atoms with Gasteiger partial charge >= 0.3 is 12.0 Å². The molecule has 0 aliphatic heterocycles. The average Bonchev–Trinajstić information content (AvgIpc) is 2.20. The second-order valence-electron chi connectivity index (χ2n) is 3.18. The number of rotatable bonds is 7. The van der Waals surface area contributed by atoms with Gasteiger partial charge in [0.2, 0.25) is 0 Å². The fourth-order valence-electron chi connectivity index (χ4n) is 0.972. The van der Waals surface area contributed by atoms with Crippen molar-refractivity contribution in [2.45, 2.75) is 32.2 Å². The first-order valence-corrected chi connectivity index (χ1v) is 4.99. The molecule has 0 saturated carbocycles. The van der Waals surface area contributed by atoms with Gasteiger partial charge in [-0.25, -0.2) is 9.59 Å². The second kappa shape index (κ2) is 8.05. The molecule has 0 aromatic rings. The van der Waals surface area contributed by atoms with E-state index in [1.165, 1.54) is 0 Å². The topological polar surface area (TPSA) is 98.7 Å². The molecule has 0 bridgehead atoms. The molecule has 6 nitrogen and oxygen atoms in total. The fraction of sp³-hybridized carbons (Fsp3) is 0.778. The van der Waals surface area contributed by atoms with E-state index in [0.717, 1.165) is 19.3 Å². The van der Waals surface area contributed by atoms with Gasteiger partial charge in [0, 0.05) is 6.54 Å². The summed E-state index contributed by atoms with van der Waals surface area (Å²) < 4.78 is 0. The lowest BCUT2D eigenvalue weighted by Crippen LogP contribution is -2.48. The largest absolute Gasteiger partial charge is 0.480 e. The Labute approximate surface area is 88.7 Å². The molecule has 0 aromatic heterocycles. The van der Waals surface area contributed by atoms with E-state index >= 15 is 0 Å². The molecule has 0 aromatic carbocycles. The zero-order chi connectivity index (χ0) is 11.7. The number of carbonyl (C=O) groups is 2. The molecule has 0 aliphatic rings. The van der Waals surface area contributed by atoms with Crippen LogP contribution < -0.4 is 10.6 Å². The predicted molar refractivity (Wildman–Crippen MR) is 54.6 cm³/mol. The molecular formula is C9H18N2O4. The van der Waals surface area contributed by atoms with Gasteiger partial charge in [-0.15, -0.1) is 0 Å². The Morgan fingerprint density at radius 2 is 2.00 bits per heavy atom. The number of nitrogens with one attached hydrogen (secondary N) is 2. The molecule has 0 saturated heterocycles. The van der Waals surface area contributed by atoms with Crippen LogP contribution >= 0.6 is 0 Å². The highest BCUT2D eigenvalue weighted by molar-refractivity contribution is 5.82. The van der Waals surface area contributed by atoms with Crippen LogP contribution in [0.5, 0.6) is 0 Å². The van der Waals surface area contributed by atoms with Crippen LogP contribution in [0, 0.1) is 0 Å². The molecule has 0 rings (SSSR count). The monoisotopic (exact) mass is 218 g/mol. The summed E-state index contributed by atoms with van der Waals surface area (Å²) in [6, 6.07) is -1.80. The Morgan fingerprint density at radius 1 is 1.33 bits per heavy atom. The van der Waals surface area contributed by atoms with E-state index in [2.05, 4.69) is 10.6 Å². The number of unbranched alkanes of at least 4 members (excludes halogenated alkanes) is 2. The van der Waals surface area contributed by atoms with Crippen molar-refractivity contribution in [2.75, 3.05) is 13.2 Å². The maximum Gasteiger partial charge on any atom is 0.328 e. The number of urea groups is 1. The smallest absolute Gasteiger partial charge is 0.328 e. The molecule has 0 unspecified atom stereocenters. The summed E-state index contributed by atoms with van der Waals surface area (Å²) in [6.45, 7) is 1.95. The van der Waals surface area contributed by atoms with E-state index in [-0.39, 0.29) is 0 Å². The summed E-state index contributed by atoms with van der Waals surface area (Å²) in [4.78, 5) is 21.5. The van der Waals surface area contributed by atoms with Crippen molar-refractivity contribution in [1.29, 1.82) is 0 Å². The van der Waals surface area contributed by atoms with Gasteiger partial charge < -0.3 is 20.8 Å². The number of carbonyl (C=O) groups excluding carboxylic acids is 1. The number of hydrogen-bond acceptors (Lipinski definition) is 3. The first kappa shape index (κ1) is 13.7. The zero-order valence-corrected chi connectivity index (χ0v) is 8.82. The van der Waals surface area contributed by atoms with E-state index in [9.17, 15) is 9.59 Å². The zero-order valence-electron chi connectivity index (χ0n) is 8.82. The Bertz CT molecular complexity index is 208. The third-order valence-corrected chi connectivity index (χ3v) is 1.85. The van der Waals surface area contributed by atoms with Crippen LogP contribution in [-0.4, -0.2) is 41.4 Å². The number of carboxylic acid groups (broad SMARTS) is 1. The van der Waals surface area contributed by atoms with Crippen LogP contribution in [0.15, 0.2) is 0 Å². The lowest BCUT2D eigenvalue weighted by Gasteiger charge is -2.12. The summed E-state index contributed by atoms with van der Waals surface area (Å²) in [7, 11) is 0. The standard InChI is InChI=1S/C9H18N2O4/c1-2-3-4-5-10-9(15)11-7(6-12)8(13)14/h7,12H,2-6H2,1H3,(H,13,14)(H2,10,11,15)/t7-/m1/s1. The first-order valence-electron chi connectivity index (χ1n) is 4.99. The van der Waals surface area contributed by atoms with Gasteiger partial charge in [-0.05, 0) is 6.42 Å². The summed E-state index contributed by atoms with van der Waals surface area (Å²) in [5.74, 6) is -1.25. The average molecular weight is 218 g/mol. The van der Waals surface area contributed by atoms with Crippen LogP contribution in [0.1, 0.15) is 26.2 Å². The molecule has 4 N–H and O–H groups in total. The van der Waals surface area contributed by atoms with E-state index in [0.29, 0.717) is 6.54 Å². The number of aliphatic hydroxyl groups is 1. The molecule has 0 spiro atoms. The maximum absolute atomic E-state index is 11.1. The van der Waals surface area contributed by atoms with Crippen molar-refractivity contribution < 1.29 is 19.8 Å². The number of carboxylic acids is 1. The number of amides is 2. The van der Waals surface area contributed by atoms with Crippen LogP contribution in [-0.2, 0) is 4.79 Å². The van der Waals surface area contributed by atoms with Crippen molar-refractivity contribution in [2.24, 2.45) is 0 Å². The molecule has 1 atom stereocenters. The van der Waals surface area contributed by atoms with Gasteiger partial charge in [0.15, 0.2) is 6.04 Å². The maximum atomic E-state index is 11.1. The molecular weight excluding hydrogens is 200 g/mol.